The Morgan fingerprint density at radius 2 is 1.87 bits per heavy atom. The Hall–Kier alpha value is -3.28. The zero-order valence-electron chi connectivity index (χ0n) is 12.3. The molecule has 0 aliphatic rings. The molecule has 0 saturated carbocycles. The van der Waals surface area contributed by atoms with E-state index < -0.39 is 5.97 Å². The van der Waals surface area contributed by atoms with Gasteiger partial charge >= 0.3 is 5.97 Å². The van der Waals surface area contributed by atoms with Gasteiger partial charge in [-0.05, 0) is 24.3 Å². The van der Waals surface area contributed by atoms with E-state index in [0.717, 1.165) is 10.9 Å². The summed E-state index contributed by atoms with van der Waals surface area (Å²) in [5.41, 5.74) is 1.92. The van der Waals surface area contributed by atoms with Crippen LogP contribution >= 0.6 is 0 Å². The van der Waals surface area contributed by atoms with Crippen molar-refractivity contribution in [3.63, 3.8) is 0 Å². The van der Waals surface area contributed by atoms with Gasteiger partial charge in [-0.1, -0.05) is 18.2 Å². The Morgan fingerprint density at radius 3 is 2.61 bits per heavy atom. The summed E-state index contributed by atoms with van der Waals surface area (Å²) in [4.78, 5) is 31.8. The van der Waals surface area contributed by atoms with Crippen LogP contribution in [0.4, 0.5) is 5.69 Å². The molecule has 0 aliphatic carbocycles. The fraction of sp³-hybridized carbons (Fsp3) is 0.0588. The number of anilines is 1. The fourth-order valence-corrected chi connectivity index (χ4v) is 2.10. The number of carbonyl (C=O) groups excluding carboxylic acids is 2. The molecule has 0 atom stereocenters. The minimum atomic E-state index is -0.497. The van der Waals surface area contributed by atoms with E-state index in [1.54, 1.807) is 6.20 Å². The number of aromatic nitrogens is 2. The number of hydrogen-bond donors (Lipinski definition) is 1. The predicted molar refractivity (Wildman–Crippen MR) is 85.3 cm³/mol. The summed E-state index contributed by atoms with van der Waals surface area (Å²) in [6, 6.07) is 12.4. The van der Waals surface area contributed by atoms with Gasteiger partial charge in [0.25, 0.3) is 5.91 Å². The van der Waals surface area contributed by atoms with Crippen molar-refractivity contribution in [2.24, 2.45) is 0 Å². The number of carbonyl (C=O) groups is 2. The zero-order valence-corrected chi connectivity index (χ0v) is 12.3. The van der Waals surface area contributed by atoms with Gasteiger partial charge in [-0.15, -0.1) is 0 Å². The quantitative estimate of drug-likeness (QED) is 0.752. The molecule has 0 bridgehead atoms. The number of nitrogens with one attached hydrogen (secondary N) is 1. The number of nitrogens with zero attached hydrogens (tertiary/aromatic N) is 2. The van der Waals surface area contributed by atoms with Crippen molar-refractivity contribution < 1.29 is 14.3 Å². The third kappa shape index (κ3) is 3.16. The Bertz CT molecular complexity index is 876. The summed E-state index contributed by atoms with van der Waals surface area (Å²) in [7, 11) is 1.29. The average Bonchev–Trinajstić information content (AvgIpc) is 2.61. The van der Waals surface area contributed by atoms with Gasteiger partial charge in [0.15, 0.2) is 0 Å². The molecule has 3 aromatic rings. The van der Waals surface area contributed by atoms with E-state index in [2.05, 4.69) is 20.0 Å². The first-order valence-corrected chi connectivity index (χ1v) is 6.88. The molecule has 1 N–H and O–H groups in total. The van der Waals surface area contributed by atoms with Crippen molar-refractivity contribution in [1.82, 2.24) is 9.97 Å². The van der Waals surface area contributed by atoms with E-state index in [1.165, 1.54) is 25.4 Å². The third-order valence-electron chi connectivity index (χ3n) is 3.27. The third-order valence-corrected chi connectivity index (χ3v) is 3.27. The maximum absolute atomic E-state index is 12.2. The molecule has 1 aromatic carbocycles. The monoisotopic (exact) mass is 307 g/mol. The molecule has 2 aromatic heterocycles. The highest BCUT2D eigenvalue weighted by Gasteiger charge is 2.11. The number of pyridine rings is 2. The molecular formula is C17H13N3O3. The first kappa shape index (κ1) is 14.6. The molecule has 23 heavy (non-hydrogen) atoms. The number of methoxy groups -OCH3 is 1. The second kappa shape index (κ2) is 6.23. The van der Waals surface area contributed by atoms with Crippen molar-refractivity contribution in [3.8, 4) is 0 Å². The Kier molecular flexibility index (Phi) is 3.97. The highest BCUT2D eigenvalue weighted by atomic mass is 16.5. The summed E-state index contributed by atoms with van der Waals surface area (Å²) in [6.07, 6.45) is 2.89. The standard InChI is InChI=1S/C17H13N3O3/c1-23-17(22)12-6-7-15(18-9-12)16(21)20-13-8-11-4-2-3-5-14(11)19-10-13/h2-10H,1H3,(H,20,21). The molecule has 114 valence electrons. The van der Waals surface area contributed by atoms with Crippen molar-refractivity contribution in [2.75, 3.05) is 12.4 Å². The van der Waals surface area contributed by atoms with E-state index in [4.69, 9.17) is 0 Å². The van der Waals surface area contributed by atoms with Crippen LogP contribution in [0.3, 0.4) is 0 Å². The van der Waals surface area contributed by atoms with Crippen molar-refractivity contribution in [2.45, 2.75) is 0 Å². The molecule has 1 amide bonds. The Balaban J connectivity index is 1.78. The van der Waals surface area contributed by atoms with Gasteiger partial charge in [0.2, 0.25) is 0 Å². The van der Waals surface area contributed by atoms with E-state index in [1.807, 2.05) is 30.3 Å². The maximum atomic E-state index is 12.2. The minimum Gasteiger partial charge on any atom is -0.465 e. The van der Waals surface area contributed by atoms with Crippen LogP contribution in [0.5, 0.6) is 0 Å². The van der Waals surface area contributed by atoms with Crippen molar-refractivity contribution in [3.05, 3.63) is 66.1 Å². The predicted octanol–water partition coefficient (Wildman–Crippen LogP) is 2.67. The molecule has 0 saturated heterocycles. The van der Waals surface area contributed by atoms with Crippen molar-refractivity contribution in [1.29, 1.82) is 0 Å². The van der Waals surface area contributed by atoms with Crippen LogP contribution in [-0.4, -0.2) is 29.0 Å². The number of amides is 1. The topological polar surface area (TPSA) is 81.2 Å². The molecule has 3 rings (SSSR count). The number of para-hydroxylation sites is 1. The molecule has 0 fully saturated rings. The highest BCUT2D eigenvalue weighted by molar-refractivity contribution is 6.04. The fourth-order valence-electron chi connectivity index (χ4n) is 2.10. The first-order chi connectivity index (χ1) is 11.2. The van der Waals surface area contributed by atoms with E-state index in [9.17, 15) is 9.59 Å². The second-order valence-corrected chi connectivity index (χ2v) is 4.79. The number of rotatable bonds is 3. The lowest BCUT2D eigenvalue weighted by molar-refractivity contribution is 0.0600. The van der Waals surface area contributed by atoms with Crippen LogP contribution in [0.15, 0.2) is 54.9 Å². The summed E-state index contributed by atoms with van der Waals surface area (Å²) >= 11 is 0. The largest absolute Gasteiger partial charge is 0.465 e. The van der Waals surface area contributed by atoms with Crippen molar-refractivity contribution >= 4 is 28.5 Å². The molecule has 0 radical (unpaired) electrons. The second-order valence-electron chi connectivity index (χ2n) is 4.79. The van der Waals surface area contributed by atoms with Crippen LogP contribution in [0.2, 0.25) is 0 Å². The Labute approximate surface area is 132 Å². The summed E-state index contributed by atoms with van der Waals surface area (Å²) in [5.74, 6) is -0.873. The average molecular weight is 307 g/mol. The van der Waals surface area contributed by atoms with Gasteiger partial charge in [-0.25, -0.2) is 4.79 Å². The maximum Gasteiger partial charge on any atom is 0.339 e. The molecule has 6 heteroatoms. The zero-order chi connectivity index (χ0) is 16.2. The number of hydrogen-bond acceptors (Lipinski definition) is 5. The van der Waals surface area contributed by atoms with E-state index in [0.29, 0.717) is 5.69 Å². The van der Waals surface area contributed by atoms with Gasteiger partial charge < -0.3 is 10.1 Å². The summed E-state index contributed by atoms with van der Waals surface area (Å²) < 4.78 is 4.59. The Morgan fingerprint density at radius 1 is 1.04 bits per heavy atom. The van der Waals surface area contributed by atoms with Crippen LogP contribution in [-0.2, 0) is 4.74 Å². The lowest BCUT2D eigenvalue weighted by Gasteiger charge is -2.06. The van der Waals surface area contributed by atoms with E-state index in [-0.39, 0.29) is 17.2 Å². The molecule has 0 aliphatic heterocycles. The van der Waals surface area contributed by atoms with Gasteiger partial charge in [-0.2, -0.15) is 0 Å². The molecule has 2 heterocycles. The lowest BCUT2D eigenvalue weighted by atomic mass is 10.2. The van der Waals surface area contributed by atoms with Crippen LogP contribution < -0.4 is 5.32 Å². The van der Waals surface area contributed by atoms with Gasteiger partial charge in [0, 0.05) is 11.6 Å². The number of ether oxygens (including phenoxy) is 1. The molecular weight excluding hydrogens is 294 g/mol. The van der Waals surface area contributed by atoms with Gasteiger partial charge in [0.1, 0.15) is 5.69 Å². The summed E-state index contributed by atoms with van der Waals surface area (Å²) in [5, 5.41) is 3.66. The normalized spacial score (nSPS) is 10.3. The van der Waals surface area contributed by atoms with Crippen LogP contribution in [0, 0.1) is 0 Å². The highest BCUT2D eigenvalue weighted by Crippen LogP contribution is 2.16. The van der Waals surface area contributed by atoms with E-state index >= 15 is 0 Å². The van der Waals surface area contributed by atoms with Gasteiger partial charge in [-0.3, -0.25) is 14.8 Å². The molecule has 0 unspecified atom stereocenters. The smallest absolute Gasteiger partial charge is 0.339 e. The van der Waals surface area contributed by atoms with Gasteiger partial charge in [0.05, 0.1) is 30.1 Å². The van der Waals surface area contributed by atoms with Crippen LogP contribution in [0.25, 0.3) is 10.9 Å². The lowest BCUT2D eigenvalue weighted by Crippen LogP contribution is -2.14. The SMILES string of the molecule is COC(=O)c1ccc(C(=O)Nc2cnc3ccccc3c2)nc1. The number of benzene rings is 1. The van der Waals surface area contributed by atoms with Crippen LogP contribution in [0.1, 0.15) is 20.8 Å². The molecule has 0 spiro atoms. The first-order valence-electron chi connectivity index (χ1n) is 6.88. The number of fused-ring (bicyclic) bond motifs is 1. The molecule has 6 nitrogen and oxygen atoms in total. The minimum absolute atomic E-state index is 0.200. The number of esters is 1. The summed E-state index contributed by atoms with van der Waals surface area (Å²) in [6.45, 7) is 0.